The summed E-state index contributed by atoms with van der Waals surface area (Å²) in [7, 11) is 0. The summed E-state index contributed by atoms with van der Waals surface area (Å²) in [4.78, 5) is 29.1. The van der Waals surface area contributed by atoms with Gasteiger partial charge in [-0.15, -0.1) is 22.9 Å². The number of aromatic nitrogens is 1. The fourth-order valence-electron chi connectivity index (χ4n) is 2.26. The fourth-order valence-corrected chi connectivity index (χ4v) is 3.19. The Labute approximate surface area is 160 Å². The molecule has 0 unspecified atom stereocenters. The van der Waals surface area contributed by atoms with Gasteiger partial charge in [-0.3, -0.25) is 15.0 Å². The molecule has 26 heavy (non-hydrogen) atoms. The number of hydrogen-bond donors (Lipinski definition) is 1. The van der Waals surface area contributed by atoms with Gasteiger partial charge in [0.15, 0.2) is 0 Å². The Morgan fingerprint density at radius 3 is 2.46 bits per heavy atom. The van der Waals surface area contributed by atoms with Crippen molar-refractivity contribution in [2.45, 2.75) is 6.92 Å². The van der Waals surface area contributed by atoms with Gasteiger partial charge in [0, 0.05) is 16.5 Å². The van der Waals surface area contributed by atoms with Crippen molar-refractivity contribution in [3.63, 3.8) is 0 Å². The van der Waals surface area contributed by atoms with Crippen LogP contribution in [-0.4, -0.2) is 22.7 Å². The number of carbonyl (C=O) groups excluding carboxylic acids is 2. The number of amides is 2. The zero-order valence-electron chi connectivity index (χ0n) is 14.0. The minimum absolute atomic E-state index is 0.269. The molecule has 2 amide bonds. The minimum atomic E-state index is -0.458. The second-order valence-electron chi connectivity index (χ2n) is 5.55. The molecule has 0 saturated carbocycles. The molecule has 1 N–H and O–H groups in total. The summed E-state index contributed by atoms with van der Waals surface area (Å²) in [5.74, 6) is -1.13. The maximum Gasteiger partial charge on any atom is 0.270 e. The van der Waals surface area contributed by atoms with Crippen LogP contribution in [0.15, 0.2) is 60.0 Å². The van der Waals surface area contributed by atoms with Gasteiger partial charge >= 0.3 is 0 Å². The van der Waals surface area contributed by atoms with Crippen molar-refractivity contribution in [3.05, 3.63) is 71.1 Å². The highest BCUT2D eigenvalue weighted by atomic mass is 35.5. The normalized spacial score (nSPS) is 10.4. The zero-order chi connectivity index (χ0) is 18.5. The first-order valence-corrected chi connectivity index (χ1v) is 9.27. The molecule has 0 atom stereocenters. The molecule has 132 valence electrons. The third-order valence-corrected chi connectivity index (χ3v) is 4.70. The van der Waals surface area contributed by atoms with Crippen molar-refractivity contribution in [1.29, 1.82) is 0 Å². The number of nitrogens with zero attached hydrogens (tertiary/aromatic N) is 2. The first kappa shape index (κ1) is 18.1. The largest absolute Gasteiger partial charge is 0.271 e. The van der Waals surface area contributed by atoms with Crippen molar-refractivity contribution in [2.24, 2.45) is 0 Å². The van der Waals surface area contributed by atoms with Gasteiger partial charge in [-0.05, 0) is 19.1 Å². The molecule has 0 aliphatic heterocycles. The number of rotatable bonds is 4. The number of carbonyl (C=O) groups is 2. The second kappa shape index (κ2) is 8.12. The smallest absolute Gasteiger partial charge is 0.270 e. The van der Waals surface area contributed by atoms with Gasteiger partial charge in [-0.25, -0.2) is 4.98 Å². The Balaban J connectivity index is 1.85. The highest BCUT2D eigenvalue weighted by Gasteiger charge is 2.21. The molecule has 0 spiro atoms. The van der Waals surface area contributed by atoms with E-state index in [1.54, 1.807) is 24.3 Å². The highest BCUT2D eigenvalue weighted by molar-refractivity contribution is 7.14. The van der Waals surface area contributed by atoms with E-state index in [1.807, 2.05) is 42.6 Å². The summed E-state index contributed by atoms with van der Waals surface area (Å²) < 4.78 is 0. The van der Waals surface area contributed by atoms with E-state index in [0.29, 0.717) is 10.7 Å². The van der Waals surface area contributed by atoms with E-state index in [2.05, 4.69) is 10.4 Å². The molecule has 0 saturated heterocycles. The molecule has 3 aromatic rings. The SMILES string of the molecule is Cc1ccc(-c2csc(N(NC(=O)c3ccccc3)C(=O)CCl)n2)cc1. The van der Waals surface area contributed by atoms with Crippen molar-refractivity contribution < 1.29 is 9.59 Å². The molecule has 1 heterocycles. The quantitative estimate of drug-likeness (QED) is 0.544. The number of anilines is 1. The topological polar surface area (TPSA) is 62.3 Å². The monoisotopic (exact) mass is 385 g/mol. The van der Waals surface area contributed by atoms with Crippen LogP contribution in [0.1, 0.15) is 15.9 Å². The van der Waals surface area contributed by atoms with E-state index < -0.39 is 11.8 Å². The standard InChI is InChI=1S/C19H16ClN3O2S/c1-13-7-9-14(10-8-13)16-12-26-19(21-16)23(17(24)11-20)22-18(25)15-5-3-2-4-6-15/h2-10,12H,11H2,1H3,(H,22,25). The number of halogens is 1. The summed E-state index contributed by atoms with van der Waals surface area (Å²) in [6.45, 7) is 2.01. The van der Waals surface area contributed by atoms with Gasteiger partial charge in [0.05, 0.1) is 5.69 Å². The molecule has 2 aromatic carbocycles. The van der Waals surface area contributed by atoms with Gasteiger partial charge in [0.25, 0.3) is 11.8 Å². The number of hydrazine groups is 1. The molecule has 0 aliphatic rings. The molecular formula is C19H16ClN3O2S. The molecule has 3 rings (SSSR count). The average molecular weight is 386 g/mol. The number of nitrogens with one attached hydrogen (secondary N) is 1. The van der Waals surface area contributed by atoms with E-state index in [9.17, 15) is 9.59 Å². The number of thiazole rings is 1. The van der Waals surface area contributed by atoms with Gasteiger partial charge in [0.1, 0.15) is 5.88 Å². The van der Waals surface area contributed by atoms with Crippen LogP contribution in [-0.2, 0) is 4.79 Å². The first-order chi connectivity index (χ1) is 12.6. The van der Waals surface area contributed by atoms with Crippen LogP contribution in [0.3, 0.4) is 0 Å². The third-order valence-electron chi connectivity index (χ3n) is 3.64. The Bertz CT molecular complexity index is 910. The molecule has 0 bridgehead atoms. The van der Waals surface area contributed by atoms with E-state index in [-0.39, 0.29) is 5.88 Å². The van der Waals surface area contributed by atoms with Gasteiger partial charge < -0.3 is 0 Å². The lowest BCUT2D eigenvalue weighted by Crippen LogP contribution is -2.47. The lowest BCUT2D eigenvalue weighted by Gasteiger charge is -2.19. The van der Waals surface area contributed by atoms with Crippen LogP contribution < -0.4 is 10.4 Å². The number of alkyl halides is 1. The molecular weight excluding hydrogens is 370 g/mol. The molecule has 7 heteroatoms. The molecule has 0 aliphatic carbocycles. The Kier molecular flexibility index (Phi) is 5.65. The number of aryl methyl sites for hydroxylation is 1. The van der Waals surface area contributed by atoms with Crippen LogP contribution in [0.25, 0.3) is 11.3 Å². The fraction of sp³-hybridized carbons (Fsp3) is 0.105. The lowest BCUT2D eigenvalue weighted by atomic mass is 10.1. The lowest BCUT2D eigenvalue weighted by molar-refractivity contribution is -0.116. The zero-order valence-corrected chi connectivity index (χ0v) is 15.6. The van der Waals surface area contributed by atoms with Crippen LogP contribution in [0.5, 0.6) is 0 Å². The van der Waals surface area contributed by atoms with Crippen LogP contribution in [0.2, 0.25) is 0 Å². The van der Waals surface area contributed by atoms with Gasteiger partial charge in [-0.1, -0.05) is 48.0 Å². The Hall–Kier alpha value is -2.70. The molecule has 5 nitrogen and oxygen atoms in total. The summed E-state index contributed by atoms with van der Waals surface area (Å²) in [6.07, 6.45) is 0. The van der Waals surface area contributed by atoms with Crippen molar-refractivity contribution in [2.75, 3.05) is 10.9 Å². The predicted molar refractivity (Wildman–Crippen MR) is 104 cm³/mol. The predicted octanol–water partition coefficient (Wildman–Crippen LogP) is 4.04. The Morgan fingerprint density at radius 2 is 1.81 bits per heavy atom. The molecule has 0 fully saturated rings. The summed E-state index contributed by atoms with van der Waals surface area (Å²) in [5.41, 5.74) is 5.84. The third kappa shape index (κ3) is 4.09. The number of hydrogen-bond acceptors (Lipinski definition) is 4. The summed E-state index contributed by atoms with van der Waals surface area (Å²) >= 11 is 6.96. The molecule has 0 radical (unpaired) electrons. The number of benzene rings is 2. The van der Waals surface area contributed by atoms with E-state index in [4.69, 9.17) is 11.6 Å². The van der Waals surface area contributed by atoms with E-state index in [1.165, 1.54) is 11.3 Å². The van der Waals surface area contributed by atoms with Crippen molar-refractivity contribution in [3.8, 4) is 11.3 Å². The van der Waals surface area contributed by atoms with Crippen LogP contribution in [0.4, 0.5) is 5.13 Å². The minimum Gasteiger partial charge on any atom is -0.271 e. The maximum absolute atomic E-state index is 12.4. The van der Waals surface area contributed by atoms with Crippen molar-refractivity contribution in [1.82, 2.24) is 10.4 Å². The van der Waals surface area contributed by atoms with Gasteiger partial charge in [0.2, 0.25) is 5.13 Å². The summed E-state index contributed by atoms with van der Waals surface area (Å²) in [5, 5.41) is 3.30. The second-order valence-corrected chi connectivity index (χ2v) is 6.65. The van der Waals surface area contributed by atoms with E-state index >= 15 is 0 Å². The summed E-state index contributed by atoms with van der Waals surface area (Å²) in [6, 6.07) is 16.6. The van der Waals surface area contributed by atoms with Crippen molar-refractivity contribution >= 4 is 39.9 Å². The van der Waals surface area contributed by atoms with Gasteiger partial charge in [-0.2, -0.15) is 5.01 Å². The first-order valence-electron chi connectivity index (χ1n) is 7.86. The van der Waals surface area contributed by atoms with Crippen LogP contribution >= 0.6 is 22.9 Å². The highest BCUT2D eigenvalue weighted by Crippen LogP contribution is 2.27. The maximum atomic E-state index is 12.4. The average Bonchev–Trinajstić information content (AvgIpc) is 3.16. The van der Waals surface area contributed by atoms with Crippen LogP contribution in [0, 0.1) is 6.92 Å². The van der Waals surface area contributed by atoms with E-state index in [0.717, 1.165) is 21.8 Å². The Morgan fingerprint density at radius 1 is 1.12 bits per heavy atom. The molecule has 1 aromatic heterocycles.